The third-order valence-corrected chi connectivity index (χ3v) is 3.40. The van der Waals surface area contributed by atoms with Gasteiger partial charge in [-0.3, -0.25) is 4.68 Å². The molecule has 2 aromatic rings. The van der Waals surface area contributed by atoms with Crippen molar-refractivity contribution in [1.82, 2.24) is 15.1 Å². The summed E-state index contributed by atoms with van der Waals surface area (Å²) in [6.07, 6.45) is 1.02. The molecule has 1 aromatic heterocycles. The molecule has 0 aliphatic rings. The van der Waals surface area contributed by atoms with Gasteiger partial charge in [-0.25, -0.2) is 0 Å². The molecule has 1 heterocycles. The van der Waals surface area contributed by atoms with Gasteiger partial charge < -0.3 is 15.2 Å². The molecule has 5 nitrogen and oxygen atoms in total. The van der Waals surface area contributed by atoms with Gasteiger partial charge in [-0.1, -0.05) is 6.07 Å². The van der Waals surface area contributed by atoms with Gasteiger partial charge in [-0.05, 0) is 50.6 Å². The minimum absolute atomic E-state index is 0.172. The summed E-state index contributed by atoms with van der Waals surface area (Å²) in [5, 5.41) is 17.4. The largest absolute Gasteiger partial charge is 0.504 e. The Morgan fingerprint density at radius 1 is 1.29 bits per heavy atom. The van der Waals surface area contributed by atoms with Crippen LogP contribution in [-0.4, -0.2) is 28.5 Å². The lowest BCUT2D eigenvalue weighted by atomic mass is 10.2. The van der Waals surface area contributed by atoms with E-state index in [0.29, 0.717) is 5.75 Å². The number of phenolic OH excluding ortho intramolecular Hbond substituents is 1. The minimum atomic E-state index is 0.172. The van der Waals surface area contributed by atoms with Gasteiger partial charge in [0.15, 0.2) is 11.5 Å². The van der Waals surface area contributed by atoms with Crippen LogP contribution in [0.5, 0.6) is 11.5 Å². The second-order valence-corrected chi connectivity index (χ2v) is 5.19. The van der Waals surface area contributed by atoms with Crippen LogP contribution in [0.25, 0.3) is 0 Å². The number of aromatic nitrogens is 2. The number of nitrogens with one attached hydrogen (secondary N) is 1. The number of hydrogen-bond donors (Lipinski definition) is 2. The maximum atomic E-state index is 9.54. The normalized spacial score (nSPS) is 10.8. The van der Waals surface area contributed by atoms with Crippen molar-refractivity contribution in [2.45, 2.75) is 33.4 Å². The average molecular weight is 289 g/mol. The van der Waals surface area contributed by atoms with Crippen LogP contribution < -0.4 is 10.1 Å². The van der Waals surface area contributed by atoms with E-state index in [1.54, 1.807) is 13.2 Å². The van der Waals surface area contributed by atoms with Crippen LogP contribution in [0, 0.1) is 13.8 Å². The Bertz CT molecular complexity index is 593. The molecule has 0 fully saturated rings. The number of ether oxygens (including phenoxy) is 1. The van der Waals surface area contributed by atoms with E-state index in [1.165, 1.54) is 5.69 Å². The first-order valence-corrected chi connectivity index (χ1v) is 7.18. The SMILES string of the molecule is COc1cc(CNCCCn2nc(C)cc2C)ccc1O. The molecule has 0 amide bonds. The van der Waals surface area contributed by atoms with Gasteiger partial charge in [0.05, 0.1) is 12.8 Å². The fraction of sp³-hybridized carbons (Fsp3) is 0.438. The maximum Gasteiger partial charge on any atom is 0.160 e. The molecule has 0 spiro atoms. The fourth-order valence-electron chi connectivity index (χ4n) is 2.32. The van der Waals surface area contributed by atoms with Gasteiger partial charge in [0.25, 0.3) is 0 Å². The second kappa shape index (κ2) is 7.13. The Balaban J connectivity index is 1.73. The van der Waals surface area contributed by atoms with Crippen LogP contribution in [0.4, 0.5) is 0 Å². The predicted octanol–water partition coefficient (Wildman–Crippen LogP) is 2.39. The van der Waals surface area contributed by atoms with Crippen molar-refractivity contribution in [3.05, 3.63) is 41.2 Å². The molecule has 114 valence electrons. The number of nitrogens with zero attached hydrogens (tertiary/aromatic N) is 2. The van der Waals surface area contributed by atoms with Crippen molar-refractivity contribution in [1.29, 1.82) is 0 Å². The summed E-state index contributed by atoms with van der Waals surface area (Å²) in [4.78, 5) is 0. The van der Waals surface area contributed by atoms with E-state index in [4.69, 9.17) is 4.74 Å². The van der Waals surface area contributed by atoms with Crippen molar-refractivity contribution in [3.63, 3.8) is 0 Å². The highest BCUT2D eigenvalue weighted by Crippen LogP contribution is 2.26. The summed E-state index contributed by atoms with van der Waals surface area (Å²) < 4.78 is 7.14. The lowest BCUT2D eigenvalue weighted by Crippen LogP contribution is -2.17. The van der Waals surface area contributed by atoms with E-state index < -0.39 is 0 Å². The Morgan fingerprint density at radius 2 is 2.10 bits per heavy atom. The summed E-state index contributed by atoms with van der Waals surface area (Å²) in [7, 11) is 1.56. The molecule has 2 N–H and O–H groups in total. The smallest absolute Gasteiger partial charge is 0.160 e. The Morgan fingerprint density at radius 3 is 2.76 bits per heavy atom. The molecule has 21 heavy (non-hydrogen) atoms. The van der Waals surface area contributed by atoms with Crippen LogP contribution >= 0.6 is 0 Å². The van der Waals surface area contributed by atoms with Crippen LogP contribution in [0.15, 0.2) is 24.3 Å². The lowest BCUT2D eigenvalue weighted by molar-refractivity contribution is 0.372. The standard InChI is InChI=1S/C16H23N3O2/c1-12-9-13(2)19(18-12)8-4-7-17-11-14-5-6-15(20)16(10-14)21-3/h5-6,9-10,17,20H,4,7-8,11H2,1-3H3. The zero-order chi connectivity index (χ0) is 15.2. The van der Waals surface area contributed by atoms with Crippen molar-refractivity contribution in [3.8, 4) is 11.5 Å². The summed E-state index contributed by atoms with van der Waals surface area (Å²) in [5.41, 5.74) is 3.36. The second-order valence-electron chi connectivity index (χ2n) is 5.19. The molecular weight excluding hydrogens is 266 g/mol. The highest BCUT2D eigenvalue weighted by Gasteiger charge is 2.03. The Kier molecular flexibility index (Phi) is 5.22. The predicted molar refractivity (Wildman–Crippen MR) is 82.7 cm³/mol. The molecular formula is C16H23N3O2. The van der Waals surface area contributed by atoms with Crippen molar-refractivity contribution < 1.29 is 9.84 Å². The number of rotatable bonds is 7. The molecule has 0 aliphatic heterocycles. The lowest BCUT2D eigenvalue weighted by Gasteiger charge is -2.08. The van der Waals surface area contributed by atoms with Gasteiger partial charge in [0, 0.05) is 18.8 Å². The zero-order valence-corrected chi connectivity index (χ0v) is 12.9. The molecule has 5 heteroatoms. The quantitative estimate of drug-likeness (QED) is 0.768. The average Bonchev–Trinajstić information content (AvgIpc) is 2.78. The molecule has 2 rings (SSSR count). The highest BCUT2D eigenvalue weighted by atomic mass is 16.5. The van der Waals surface area contributed by atoms with Crippen LogP contribution in [0.3, 0.4) is 0 Å². The Labute approximate surface area is 125 Å². The van der Waals surface area contributed by atoms with Crippen LogP contribution in [0.2, 0.25) is 0 Å². The molecule has 1 aromatic carbocycles. The monoisotopic (exact) mass is 289 g/mol. The van der Waals surface area contributed by atoms with Crippen molar-refractivity contribution >= 4 is 0 Å². The number of aromatic hydroxyl groups is 1. The van der Waals surface area contributed by atoms with Gasteiger partial charge in [0.1, 0.15) is 0 Å². The van der Waals surface area contributed by atoms with Crippen molar-refractivity contribution in [2.75, 3.05) is 13.7 Å². The molecule has 0 unspecified atom stereocenters. The summed E-state index contributed by atoms with van der Waals surface area (Å²) in [6.45, 7) is 6.69. The summed E-state index contributed by atoms with van der Waals surface area (Å²) >= 11 is 0. The van der Waals surface area contributed by atoms with E-state index in [9.17, 15) is 5.11 Å². The van der Waals surface area contributed by atoms with E-state index in [2.05, 4.69) is 23.4 Å². The molecule has 0 saturated heterocycles. The number of phenols is 1. The van der Waals surface area contributed by atoms with Gasteiger partial charge in [0.2, 0.25) is 0 Å². The third kappa shape index (κ3) is 4.23. The van der Waals surface area contributed by atoms with E-state index in [-0.39, 0.29) is 5.75 Å². The number of benzene rings is 1. The highest BCUT2D eigenvalue weighted by molar-refractivity contribution is 5.41. The first-order valence-electron chi connectivity index (χ1n) is 7.18. The first kappa shape index (κ1) is 15.4. The molecule has 0 atom stereocenters. The number of hydrogen-bond acceptors (Lipinski definition) is 4. The summed E-state index contributed by atoms with van der Waals surface area (Å²) in [6, 6.07) is 7.50. The third-order valence-electron chi connectivity index (χ3n) is 3.40. The van der Waals surface area contributed by atoms with E-state index >= 15 is 0 Å². The minimum Gasteiger partial charge on any atom is -0.504 e. The summed E-state index contributed by atoms with van der Waals surface area (Å²) in [5.74, 6) is 0.683. The van der Waals surface area contributed by atoms with Crippen molar-refractivity contribution in [2.24, 2.45) is 0 Å². The topological polar surface area (TPSA) is 59.3 Å². The molecule has 0 aliphatic carbocycles. The first-order chi connectivity index (χ1) is 10.1. The molecule has 0 saturated carbocycles. The number of methoxy groups -OCH3 is 1. The number of aryl methyl sites for hydroxylation is 3. The fourth-order valence-corrected chi connectivity index (χ4v) is 2.32. The van der Waals surface area contributed by atoms with Crippen LogP contribution in [-0.2, 0) is 13.1 Å². The van der Waals surface area contributed by atoms with Gasteiger partial charge in [-0.2, -0.15) is 5.10 Å². The van der Waals surface area contributed by atoms with Crippen LogP contribution in [0.1, 0.15) is 23.4 Å². The maximum absolute atomic E-state index is 9.54. The van der Waals surface area contributed by atoms with E-state index in [0.717, 1.165) is 37.3 Å². The molecule has 0 radical (unpaired) electrons. The van der Waals surface area contributed by atoms with Gasteiger partial charge in [-0.15, -0.1) is 0 Å². The Hall–Kier alpha value is -2.01. The zero-order valence-electron chi connectivity index (χ0n) is 12.9. The van der Waals surface area contributed by atoms with Gasteiger partial charge >= 0.3 is 0 Å². The van der Waals surface area contributed by atoms with E-state index in [1.807, 2.05) is 23.7 Å². The molecule has 0 bridgehead atoms.